The van der Waals surface area contributed by atoms with Gasteiger partial charge in [-0.15, -0.1) is 0 Å². The third kappa shape index (κ3) is 4.97. The maximum atomic E-state index is 13.0. The van der Waals surface area contributed by atoms with Gasteiger partial charge in [-0.25, -0.2) is 18.4 Å². The Bertz CT molecular complexity index is 1340. The number of carbonyl (C=O) groups is 1. The number of carbonyl (C=O) groups excluding carboxylic acids is 1. The molecule has 1 aromatic heterocycles. The number of hydrogen-bond donors (Lipinski definition) is 1. The van der Waals surface area contributed by atoms with E-state index in [1.54, 1.807) is 42.6 Å². The fraction of sp³-hybridized carbons (Fsp3) is 0.0952. The predicted molar refractivity (Wildman–Crippen MR) is 130 cm³/mol. The van der Waals surface area contributed by atoms with E-state index in [2.05, 4.69) is 15.3 Å². The molecule has 2 aromatic carbocycles. The van der Waals surface area contributed by atoms with Gasteiger partial charge in [-0.1, -0.05) is 52.8 Å². The lowest BCUT2D eigenvalue weighted by Crippen LogP contribution is -2.18. The van der Waals surface area contributed by atoms with E-state index in [9.17, 15) is 13.2 Å². The van der Waals surface area contributed by atoms with Crippen LogP contribution in [0.25, 0.3) is 6.08 Å². The monoisotopic (exact) mass is 523 g/mol. The molecule has 1 amide bonds. The van der Waals surface area contributed by atoms with Gasteiger partial charge in [0, 0.05) is 26.7 Å². The van der Waals surface area contributed by atoms with Crippen LogP contribution in [0.2, 0.25) is 10.0 Å². The number of nitrogens with zero attached hydrogens (tertiary/aromatic N) is 2. The van der Waals surface area contributed by atoms with E-state index in [4.69, 9.17) is 23.2 Å². The summed E-state index contributed by atoms with van der Waals surface area (Å²) < 4.78 is 25.9. The zero-order chi connectivity index (χ0) is 22.9. The van der Waals surface area contributed by atoms with Crippen LogP contribution in [0.3, 0.4) is 0 Å². The Hall–Kier alpha value is -2.04. The van der Waals surface area contributed by atoms with Gasteiger partial charge in [0.15, 0.2) is 15.0 Å². The van der Waals surface area contributed by atoms with E-state index in [-0.39, 0.29) is 26.6 Å². The van der Waals surface area contributed by atoms with Crippen LogP contribution in [0, 0.1) is 0 Å². The molecule has 0 aliphatic carbocycles. The summed E-state index contributed by atoms with van der Waals surface area (Å²) in [6, 6.07) is 11.2. The second kappa shape index (κ2) is 9.44. The summed E-state index contributed by atoms with van der Waals surface area (Å²) in [5, 5.41) is 3.94. The number of amides is 1. The Morgan fingerprint density at radius 1 is 1.16 bits per heavy atom. The van der Waals surface area contributed by atoms with Gasteiger partial charge in [-0.2, -0.15) is 0 Å². The van der Waals surface area contributed by atoms with Crippen molar-refractivity contribution >= 4 is 74.2 Å². The third-order valence-electron chi connectivity index (χ3n) is 4.51. The van der Waals surface area contributed by atoms with Gasteiger partial charge in [0.2, 0.25) is 0 Å². The summed E-state index contributed by atoms with van der Waals surface area (Å²) in [5.41, 5.74) is 1.38. The summed E-state index contributed by atoms with van der Waals surface area (Å²) >= 11 is 14.9. The molecule has 0 bridgehead atoms. The first-order valence-electron chi connectivity index (χ1n) is 9.14. The Kier molecular flexibility index (Phi) is 6.83. The minimum Gasteiger partial charge on any atom is -0.320 e. The maximum Gasteiger partial charge on any atom is 0.262 e. The van der Waals surface area contributed by atoms with Crippen LogP contribution in [0.15, 0.2) is 68.5 Å². The first-order valence-corrected chi connectivity index (χ1v) is 13.6. The molecule has 3 aromatic rings. The fourth-order valence-corrected chi connectivity index (χ4v) is 6.34. The standard InChI is InChI=1S/C21H15Cl2N3O3S3/c1-30-21-24-8-7-12(25-21)9-19-20(27)26-17-10-13(5-6-18(17)31-19)32(28,29)11-14-15(22)3-2-4-16(14)23/h2-10H,11H2,1H3,(H,26,27)/b19-9-. The average molecular weight is 524 g/mol. The van der Waals surface area contributed by atoms with Gasteiger partial charge in [-0.05, 0) is 48.7 Å². The number of nitrogens with one attached hydrogen (secondary N) is 1. The Labute approximate surface area is 203 Å². The molecule has 2 heterocycles. The highest BCUT2D eigenvalue weighted by atomic mass is 35.5. The minimum atomic E-state index is -3.74. The van der Waals surface area contributed by atoms with Crippen LogP contribution in [0.5, 0.6) is 0 Å². The van der Waals surface area contributed by atoms with Crippen LogP contribution in [-0.2, 0) is 20.4 Å². The molecule has 0 fully saturated rings. The van der Waals surface area contributed by atoms with Crippen molar-refractivity contribution in [3.05, 3.63) is 74.9 Å². The van der Waals surface area contributed by atoms with Crippen molar-refractivity contribution in [2.24, 2.45) is 0 Å². The normalized spacial score (nSPS) is 14.8. The molecular weight excluding hydrogens is 509 g/mol. The van der Waals surface area contributed by atoms with Crippen molar-refractivity contribution in [2.75, 3.05) is 11.6 Å². The highest BCUT2D eigenvalue weighted by molar-refractivity contribution is 8.04. The second-order valence-corrected chi connectivity index (χ2v) is 11.3. The van der Waals surface area contributed by atoms with E-state index >= 15 is 0 Å². The zero-order valence-corrected chi connectivity index (χ0v) is 20.5. The van der Waals surface area contributed by atoms with E-state index in [1.807, 2.05) is 6.26 Å². The van der Waals surface area contributed by atoms with Crippen molar-refractivity contribution in [1.82, 2.24) is 9.97 Å². The number of rotatable bonds is 5. The zero-order valence-electron chi connectivity index (χ0n) is 16.5. The lowest BCUT2D eigenvalue weighted by atomic mass is 10.2. The highest BCUT2D eigenvalue weighted by Crippen LogP contribution is 2.40. The quantitative estimate of drug-likeness (QED) is 0.265. The summed E-state index contributed by atoms with van der Waals surface area (Å²) in [5.74, 6) is -0.683. The Balaban J connectivity index is 1.62. The number of benzene rings is 2. The average Bonchev–Trinajstić information content (AvgIpc) is 2.77. The lowest BCUT2D eigenvalue weighted by Gasteiger charge is -2.19. The Morgan fingerprint density at radius 3 is 2.62 bits per heavy atom. The van der Waals surface area contributed by atoms with Crippen molar-refractivity contribution < 1.29 is 13.2 Å². The first-order chi connectivity index (χ1) is 15.3. The molecule has 0 atom stereocenters. The molecule has 0 saturated heterocycles. The largest absolute Gasteiger partial charge is 0.320 e. The van der Waals surface area contributed by atoms with Crippen molar-refractivity contribution in [3.63, 3.8) is 0 Å². The molecule has 164 valence electrons. The molecule has 1 aliphatic heterocycles. The smallest absolute Gasteiger partial charge is 0.262 e. The van der Waals surface area contributed by atoms with Gasteiger partial charge in [0.25, 0.3) is 5.91 Å². The molecule has 0 saturated carbocycles. The van der Waals surface area contributed by atoms with Gasteiger partial charge >= 0.3 is 0 Å². The van der Waals surface area contributed by atoms with Gasteiger partial charge in [0.05, 0.1) is 26.9 Å². The molecule has 32 heavy (non-hydrogen) atoms. The fourth-order valence-electron chi connectivity index (χ4n) is 2.94. The molecule has 1 aliphatic rings. The molecule has 4 rings (SSSR count). The van der Waals surface area contributed by atoms with Crippen LogP contribution in [0.4, 0.5) is 5.69 Å². The molecule has 0 unspecified atom stereocenters. The topological polar surface area (TPSA) is 89.0 Å². The lowest BCUT2D eigenvalue weighted by molar-refractivity contribution is -0.112. The van der Waals surface area contributed by atoms with Crippen LogP contribution < -0.4 is 5.32 Å². The van der Waals surface area contributed by atoms with Gasteiger partial charge < -0.3 is 5.32 Å². The van der Waals surface area contributed by atoms with E-state index in [0.717, 1.165) is 4.90 Å². The summed E-state index contributed by atoms with van der Waals surface area (Å²) in [7, 11) is -3.74. The van der Waals surface area contributed by atoms with Crippen molar-refractivity contribution in [2.45, 2.75) is 20.7 Å². The number of halogens is 2. The van der Waals surface area contributed by atoms with Crippen LogP contribution >= 0.6 is 46.7 Å². The summed E-state index contributed by atoms with van der Waals surface area (Å²) in [4.78, 5) is 22.3. The van der Waals surface area contributed by atoms with Gasteiger partial charge in [-0.3, -0.25) is 4.79 Å². The molecule has 6 nitrogen and oxygen atoms in total. The van der Waals surface area contributed by atoms with E-state index in [0.29, 0.717) is 27.0 Å². The summed E-state index contributed by atoms with van der Waals surface area (Å²) in [6.45, 7) is 0. The van der Waals surface area contributed by atoms with Crippen molar-refractivity contribution in [3.8, 4) is 0 Å². The molecule has 0 radical (unpaired) electrons. The minimum absolute atomic E-state index is 0.0704. The van der Waals surface area contributed by atoms with Gasteiger partial charge in [0.1, 0.15) is 0 Å². The molecular formula is C21H15Cl2N3O3S3. The number of sulfone groups is 1. The number of thioether (sulfide) groups is 2. The van der Waals surface area contributed by atoms with E-state index < -0.39 is 9.84 Å². The predicted octanol–water partition coefficient (Wildman–Crippen LogP) is 5.56. The SMILES string of the molecule is CSc1nccc(/C=C2\Sc3ccc(S(=O)(=O)Cc4c(Cl)cccc4Cl)cc3NC2=O)n1. The van der Waals surface area contributed by atoms with Crippen LogP contribution in [-0.4, -0.2) is 30.5 Å². The highest BCUT2D eigenvalue weighted by Gasteiger charge is 2.25. The third-order valence-corrected chi connectivity index (χ3v) is 8.52. The number of fused-ring (bicyclic) bond motifs is 1. The molecule has 11 heteroatoms. The van der Waals surface area contributed by atoms with Crippen molar-refractivity contribution in [1.29, 1.82) is 0 Å². The number of anilines is 1. The van der Waals surface area contributed by atoms with E-state index in [1.165, 1.54) is 35.7 Å². The van der Waals surface area contributed by atoms with Crippen LogP contribution in [0.1, 0.15) is 11.3 Å². The molecule has 1 N–H and O–H groups in total. The molecule has 0 spiro atoms. The number of aromatic nitrogens is 2. The maximum absolute atomic E-state index is 13.0. The first kappa shape index (κ1) is 23.1. The number of hydrogen-bond acceptors (Lipinski definition) is 7. The summed E-state index contributed by atoms with van der Waals surface area (Å²) in [6.07, 6.45) is 5.18. The Morgan fingerprint density at radius 2 is 1.91 bits per heavy atom. The second-order valence-electron chi connectivity index (χ2n) is 6.65.